The number of nitrogens with one attached hydrogen (secondary N) is 2. The van der Waals surface area contributed by atoms with Crippen LogP contribution in [0.25, 0.3) is 10.9 Å². The van der Waals surface area contributed by atoms with E-state index in [1.807, 2.05) is 55.3 Å². The van der Waals surface area contributed by atoms with E-state index in [9.17, 15) is 9.59 Å². The van der Waals surface area contributed by atoms with Crippen LogP contribution in [-0.4, -0.2) is 63.2 Å². The van der Waals surface area contributed by atoms with Crippen LogP contribution in [0.3, 0.4) is 0 Å². The number of likely N-dealkylation sites (N-methyl/N-ethyl adjacent to an activating group) is 1. The summed E-state index contributed by atoms with van der Waals surface area (Å²) in [6.45, 7) is 2.80. The van der Waals surface area contributed by atoms with Crippen LogP contribution in [0.15, 0.2) is 36.4 Å². The Bertz CT molecular complexity index is 1120. The van der Waals surface area contributed by atoms with Crippen molar-refractivity contribution < 1.29 is 23.8 Å². The molecule has 0 radical (unpaired) electrons. The molecule has 170 valence electrons. The number of aromatic nitrogens is 1. The molecule has 2 N–H and O–H groups in total. The summed E-state index contributed by atoms with van der Waals surface area (Å²) in [6.07, 6.45) is 0.740. The maximum absolute atomic E-state index is 12.8. The van der Waals surface area contributed by atoms with Gasteiger partial charge in [0.1, 0.15) is 5.69 Å². The Kier molecular flexibility index (Phi) is 7.37. The van der Waals surface area contributed by atoms with Gasteiger partial charge in [0.15, 0.2) is 11.5 Å². The van der Waals surface area contributed by atoms with Gasteiger partial charge >= 0.3 is 5.97 Å². The van der Waals surface area contributed by atoms with E-state index in [0.29, 0.717) is 23.7 Å². The van der Waals surface area contributed by atoms with Crippen molar-refractivity contribution in [2.45, 2.75) is 13.3 Å². The fourth-order valence-corrected chi connectivity index (χ4v) is 3.55. The Hall–Kier alpha value is -3.52. The number of rotatable bonds is 9. The standard InChI is InChI=1S/C24H29N3O5/c1-15-6-8-18-17(12-15)22(23(25-18)24(29)32-5)26-21(28)14-27(2)11-10-16-7-9-19(30-3)20(13-16)31-4/h6-9,12-13,25H,10-11,14H2,1-5H3,(H,26,28). The highest BCUT2D eigenvalue weighted by Gasteiger charge is 2.21. The SMILES string of the molecule is COC(=O)c1[nH]c2ccc(C)cc2c1NC(=O)CN(C)CCc1ccc(OC)c(OC)c1. The van der Waals surface area contributed by atoms with Gasteiger partial charge in [-0.2, -0.15) is 0 Å². The van der Waals surface area contributed by atoms with Crippen LogP contribution in [0.1, 0.15) is 21.6 Å². The van der Waals surface area contributed by atoms with Crippen LogP contribution >= 0.6 is 0 Å². The highest BCUT2D eigenvalue weighted by atomic mass is 16.5. The van der Waals surface area contributed by atoms with E-state index in [-0.39, 0.29) is 18.1 Å². The Morgan fingerprint density at radius 2 is 1.78 bits per heavy atom. The lowest BCUT2D eigenvalue weighted by Crippen LogP contribution is -2.32. The highest BCUT2D eigenvalue weighted by Crippen LogP contribution is 2.30. The lowest BCUT2D eigenvalue weighted by molar-refractivity contribution is -0.117. The molecule has 2 aromatic carbocycles. The molecule has 3 rings (SSSR count). The monoisotopic (exact) mass is 439 g/mol. The zero-order valence-electron chi connectivity index (χ0n) is 19.1. The van der Waals surface area contributed by atoms with Gasteiger partial charge in [-0.25, -0.2) is 4.79 Å². The normalized spacial score (nSPS) is 10.9. The van der Waals surface area contributed by atoms with Crippen LogP contribution in [0.5, 0.6) is 11.5 Å². The van der Waals surface area contributed by atoms with Gasteiger partial charge < -0.3 is 24.5 Å². The number of H-pyrrole nitrogens is 1. The minimum absolute atomic E-state index is 0.173. The number of ether oxygens (including phenoxy) is 3. The molecule has 0 bridgehead atoms. The number of anilines is 1. The minimum atomic E-state index is -0.532. The maximum atomic E-state index is 12.8. The molecule has 0 saturated heterocycles. The second-order valence-electron chi connectivity index (χ2n) is 7.64. The number of fused-ring (bicyclic) bond motifs is 1. The van der Waals surface area contributed by atoms with Crippen LogP contribution in [0.4, 0.5) is 5.69 Å². The van der Waals surface area contributed by atoms with Crippen LogP contribution in [-0.2, 0) is 16.0 Å². The Labute approximate surface area is 187 Å². The minimum Gasteiger partial charge on any atom is -0.493 e. The second-order valence-corrected chi connectivity index (χ2v) is 7.64. The van der Waals surface area contributed by atoms with E-state index < -0.39 is 5.97 Å². The number of aryl methyl sites for hydroxylation is 1. The van der Waals surface area contributed by atoms with Gasteiger partial charge in [-0.3, -0.25) is 9.69 Å². The zero-order chi connectivity index (χ0) is 23.3. The Morgan fingerprint density at radius 1 is 1.03 bits per heavy atom. The lowest BCUT2D eigenvalue weighted by Gasteiger charge is -2.17. The summed E-state index contributed by atoms with van der Waals surface area (Å²) in [7, 11) is 6.39. The molecule has 8 heteroatoms. The molecule has 0 fully saturated rings. The predicted octanol–water partition coefficient (Wildman–Crippen LogP) is 3.39. The number of hydrogen-bond donors (Lipinski definition) is 2. The fourth-order valence-electron chi connectivity index (χ4n) is 3.55. The largest absolute Gasteiger partial charge is 0.493 e. The summed E-state index contributed by atoms with van der Waals surface area (Å²) in [5, 5.41) is 3.66. The van der Waals surface area contributed by atoms with E-state index in [4.69, 9.17) is 14.2 Å². The number of nitrogens with zero attached hydrogens (tertiary/aromatic N) is 1. The summed E-state index contributed by atoms with van der Waals surface area (Å²) < 4.78 is 15.5. The van der Waals surface area contributed by atoms with Crippen LogP contribution in [0.2, 0.25) is 0 Å². The zero-order valence-corrected chi connectivity index (χ0v) is 19.1. The Balaban J connectivity index is 1.67. The number of amides is 1. The molecular formula is C24H29N3O5. The molecule has 1 amide bonds. The predicted molar refractivity (Wildman–Crippen MR) is 124 cm³/mol. The molecular weight excluding hydrogens is 410 g/mol. The molecule has 1 aromatic heterocycles. The van der Waals surface area contributed by atoms with Crippen molar-refractivity contribution in [2.75, 3.05) is 46.8 Å². The van der Waals surface area contributed by atoms with Crippen LogP contribution < -0.4 is 14.8 Å². The van der Waals surface area contributed by atoms with Gasteiger partial charge in [-0.15, -0.1) is 0 Å². The van der Waals surface area contributed by atoms with Gasteiger partial charge in [0.2, 0.25) is 5.91 Å². The smallest absolute Gasteiger partial charge is 0.356 e. The highest BCUT2D eigenvalue weighted by molar-refractivity contribution is 6.11. The van der Waals surface area contributed by atoms with Crippen molar-refractivity contribution in [3.05, 3.63) is 53.2 Å². The number of carbonyl (C=O) groups excluding carboxylic acids is 2. The van der Waals surface area contributed by atoms with Crippen molar-refractivity contribution in [3.8, 4) is 11.5 Å². The van der Waals surface area contributed by atoms with Crippen molar-refractivity contribution in [2.24, 2.45) is 0 Å². The van der Waals surface area contributed by atoms with E-state index in [1.165, 1.54) is 7.11 Å². The van der Waals surface area contributed by atoms with Crippen molar-refractivity contribution in [3.63, 3.8) is 0 Å². The number of esters is 1. The van der Waals surface area contributed by atoms with E-state index in [0.717, 1.165) is 28.5 Å². The molecule has 1 heterocycles. The lowest BCUT2D eigenvalue weighted by atomic mass is 10.1. The quantitative estimate of drug-likeness (QED) is 0.497. The van der Waals surface area contributed by atoms with E-state index >= 15 is 0 Å². The van der Waals surface area contributed by atoms with E-state index in [1.54, 1.807) is 14.2 Å². The first-order valence-corrected chi connectivity index (χ1v) is 10.3. The molecule has 0 spiro atoms. The third kappa shape index (κ3) is 5.20. The molecule has 3 aromatic rings. The summed E-state index contributed by atoms with van der Waals surface area (Å²) in [4.78, 5) is 29.9. The molecule has 32 heavy (non-hydrogen) atoms. The van der Waals surface area contributed by atoms with Gasteiger partial charge in [0.05, 0.1) is 33.6 Å². The molecule has 0 aliphatic heterocycles. The number of hydrogen-bond acceptors (Lipinski definition) is 6. The van der Waals surface area contributed by atoms with Crippen molar-refractivity contribution >= 4 is 28.5 Å². The average Bonchev–Trinajstić information content (AvgIpc) is 3.14. The number of methoxy groups -OCH3 is 3. The average molecular weight is 440 g/mol. The van der Waals surface area contributed by atoms with E-state index in [2.05, 4.69) is 10.3 Å². The molecule has 0 atom stereocenters. The van der Waals surface area contributed by atoms with Crippen molar-refractivity contribution in [1.29, 1.82) is 0 Å². The molecule has 0 aliphatic rings. The summed E-state index contributed by atoms with van der Waals surface area (Å²) >= 11 is 0. The third-order valence-electron chi connectivity index (χ3n) is 5.25. The summed E-state index contributed by atoms with van der Waals surface area (Å²) in [5.41, 5.74) is 3.53. The molecule has 0 unspecified atom stereocenters. The molecule has 8 nitrogen and oxygen atoms in total. The first kappa shape index (κ1) is 23.1. The number of carbonyl (C=O) groups is 2. The molecule has 0 saturated carbocycles. The topological polar surface area (TPSA) is 92.9 Å². The number of aromatic amines is 1. The summed E-state index contributed by atoms with van der Waals surface area (Å²) in [6, 6.07) is 11.5. The summed E-state index contributed by atoms with van der Waals surface area (Å²) in [5.74, 6) is 0.609. The fraction of sp³-hybridized carbons (Fsp3) is 0.333. The van der Waals surface area contributed by atoms with Gasteiger partial charge in [0.25, 0.3) is 0 Å². The van der Waals surface area contributed by atoms with Gasteiger partial charge in [0, 0.05) is 17.4 Å². The second kappa shape index (κ2) is 10.2. The first-order valence-electron chi connectivity index (χ1n) is 10.3. The van der Waals surface area contributed by atoms with Crippen molar-refractivity contribution in [1.82, 2.24) is 9.88 Å². The van der Waals surface area contributed by atoms with Crippen LogP contribution in [0, 0.1) is 6.92 Å². The maximum Gasteiger partial charge on any atom is 0.356 e. The Morgan fingerprint density at radius 3 is 2.47 bits per heavy atom. The molecule has 0 aliphatic carbocycles. The third-order valence-corrected chi connectivity index (χ3v) is 5.25. The first-order chi connectivity index (χ1) is 15.4. The van der Waals surface area contributed by atoms with Gasteiger partial charge in [-0.05, 0) is 50.2 Å². The van der Waals surface area contributed by atoms with Gasteiger partial charge in [-0.1, -0.05) is 17.7 Å². The number of benzene rings is 2.